The topological polar surface area (TPSA) is 26.0 Å². The highest BCUT2D eigenvalue weighted by molar-refractivity contribution is 5.85. The van der Waals surface area contributed by atoms with Gasteiger partial charge in [-0.25, -0.2) is 0 Å². The van der Waals surface area contributed by atoms with E-state index in [0.29, 0.717) is 0 Å². The van der Waals surface area contributed by atoms with Crippen molar-refractivity contribution in [1.29, 1.82) is 0 Å². The minimum atomic E-state index is -0.224. The summed E-state index contributed by atoms with van der Waals surface area (Å²) >= 11 is 0. The van der Waals surface area contributed by atoms with Gasteiger partial charge in [-0.15, -0.1) is 12.4 Å². The zero-order valence-electron chi connectivity index (χ0n) is 8.72. The van der Waals surface area contributed by atoms with E-state index in [1.54, 1.807) is 0 Å². The molecule has 0 unspecified atom stereocenters. The molecular weight excluding hydrogens is 182 g/mol. The van der Waals surface area contributed by atoms with E-state index in [1.165, 1.54) is 16.7 Å². The Morgan fingerprint density at radius 3 is 2.08 bits per heavy atom. The Balaban J connectivity index is 0.00000144. The lowest BCUT2D eigenvalue weighted by Crippen LogP contribution is -2.29. The van der Waals surface area contributed by atoms with Crippen LogP contribution in [0.1, 0.15) is 30.5 Å². The fourth-order valence-corrected chi connectivity index (χ4v) is 1.54. The van der Waals surface area contributed by atoms with Gasteiger partial charge in [0.1, 0.15) is 0 Å². The number of nitrogens with two attached hydrogens (primary N) is 1. The highest BCUT2D eigenvalue weighted by Crippen LogP contribution is 2.21. The Morgan fingerprint density at radius 1 is 1.15 bits per heavy atom. The fourth-order valence-electron chi connectivity index (χ4n) is 1.54. The molecule has 0 atom stereocenters. The van der Waals surface area contributed by atoms with Crippen molar-refractivity contribution in [2.75, 3.05) is 0 Å². The second-order valence-corrected chi connectivity index (χ2v) is 4.04. The smallest absolute Gasteiger partial charge is 0.0355 e. The van der Waals surface area contributed by atoms with Crippen LogP contribution in [0, 0.1) is 13.8 Å². The van der Waals surface area contributed by atoms with Crippen LogP contribution in [0.15, 0.2) is 18.2 Å². The summed E-state index contributed by atoms with van der Waals surface area (Å²) in [6.07, 6.45) is 0. The van der Waals surface area contributed by atoms with Crippen molar-refractivity contribution >= 4 is 12.4 Å². The van der Waals surface area contributed by atoms with Gasteiger partial charge in [0.2, 0.25) is 0 Å². The van der Waals surface area contributed by atoms with Gasteiger partial charge in [-0.3, -0.25) is 0 Å². The largest absolute Gasteiger partial charge is 0.322 e. The molecule has 74 valence electrons. The zero-order chi connectivity index (χ0) is 9.35. The molecule has 13 heavy (non-hydrogen) atoms. The van der Waals surface area contributed by atoms with Crippen molar-refractivity contribution in [2.45, 2.75) is 33.2 Å². The van der Waals surface area contributed by atoms with Crippen LogP contribution in [0.3, 0.4) is 0 Å². The third-order valence-corrected chi connectivity index (χ3v) is 2.08. The van der Waals surface area contributed by atoms with Crippen LogP contribution in [0.5, 0.6) is 0 Å². The third kappa shape index (κ3) is 3.02. The molecule has 1 aromatic carbocycles. The summed E-state index contributed by atoms with van der Waals surface area (Å²) in [4.78, 5) is 0. The van der Waals surface area contributed by atoms with Crippen molar-refractivity contribution in [3.8, 4) is 0 Å². The molecule has 1 rings (SSSR count). The number of aryl methyl sites for hydroxylation is 2. The first kappa shape index (κ1) is 12.5. The minimum absolute atomic E-state index is 0. The standard InChI is InChI=1S/C11H17N.ClH/c1-8-5-6-10(9(2)7-8)11(3,4)12;/h5-7H,12H2,1-4H3;1H. The average Bonchev–Trinajstić information content (AvgIpc) is 1.83. The number of benzene rings is 1. The van der Waals surface area contributed by atoms with E-state index in [4.69, 9.17) is 5.73 Å². The molecule has 0 saturated carbocycles. The lowest BCUT2D eigenvalue weighted by atomic mass is 9.91. The van der Waals surface area contributed by atoms with Crippen molar-refractivity contribution in [1.82, 2.24) is 0 Å². The molecule has 0 aliphatic carbocycles. The number of halogens is 1. The van der Waals surface area contributed by atoms with Gasteiger partial charge in [-0.1, -0.05) is 23.8 Å². The van der Waals surface area contributed by atoms with Crippen molar-refractivity contribution in [3.63, 3.8) is 0 Å². The molecular formula is C11H18ClN. The lowest BCUT2D eigenvalue weighted by molar-refractivity contribution is 0.550. The van der Waals surface area contributed by atoms with Crippen LogP contribution >= 0.6 is 12.4 Å². The van der Waals surface area contributed by atoms with Crippen molar-refractivity contribution in [3.05, 3.63) is 34.9 Å². The first-order valence-electron chi connectivity index (χ1n) is 4.28. The molecule has 0 aliphatic rings. The summed E-state index contributed by atoms with van der Waals surface area (Å²) in [6.45, 7) is 8.27. The third-order valence-electron chi connectivity index (χ3n) is 2.08. The summed E-state index contributed by atoms with van der Waals surface area (Å²) < 4.78 is 0. The van der Waals surface area contributed by atoms with E-state index in [0.717, 1.165) is 0 Å². The molecule has 1 aromatic rings. The normalized spacial score (nSPS) is 10.8. The molecule has 0 radical (unpaired) electrons. The van der Waals surface area contributed by atoms with Gasteiger partial charge < -0.3 is 5.73 Å². The fraction of sp³-hybridized carbons (Fsp3) is 0.455. The predicted octanol–water partition coefficient (Wildman–Crippen LogP) is 2.92. The summed E-state index contributed by atoms with van der Waals surface area (Å²) in [5.74, 6) is 0. The highest BCUT2D eigenvalue weighted by atomic mass is 35.5. The second-order valence-electron chi connectivity index (χ2n) is 4.04. The van der Waals surface area contributed by atoms with Gasteiger partial charge in [0.15, 0.2) is 0 Å². The van der Waals surface area contributed by atoms with Gasteiger partial charge in [-0.2, -0.15) is 0 Å². The number of hydrogen-bond acceptors (Lipinski definition) is 1. The molecule has 0 amide bonds. The molecule has 0 bridgehead atoms. The maximum Gasteiger partial charge on any atom is 0.0355 e. The molecule has 0 aromatic heterocycles. The SMILES string of the molecule is Cc1ccc(C(C)(C)N)c(C)c1.Cl. The van der Waals surface area contributed by atoms with Crippen LogP contribution in [0.25, 0.3) is 0 Å². The minimum Gasteiger partial charge on any atom is -0.322 e. The molecule has 0 heterocycles. The Bertz CT molecular complexity index is 287. The van der Waals surface area contributed by atoms with Gasteiger partial charge in [0.05, 0.1) is 0 Å². The lowest BCUT2D eigenvalue weighted by Gasteiger charge is -2.21. The van der Waals surface area contributed by atoms with Gasteiger partial charge in [0, 0.05) is 5.54 Å². The number of rotatable bonds is 1. The van der Waals surface area contributed by atoms with E-state index in [9.17, 15) is 0 Å². The van der Waals surface area contributed by atoms with Crippen LogP contribution in [0.4, 0.5) is 0 Å². The highest BCUT2D eigenvalue weighted by Gasteiger charge is 2.15. The van der Waals surface area contributed by atoms with Crippen LogP contribution in [-0.2, 0) is 5.54 Å². The summed E-state index contributed by atoms with van der Waals surface area (Å²) in [5.41, 5.74) is 9.59. The predicted molar refractivity (Wildman–Crippen MR) is 60.4 cm³/mol. The first-order valence-corrected chi connectivity index (χ1v) is 4.28. The second kappa shape index (κ2) is 4.12. The van der Waals surface area contributed by atoms with Crippen LogP contribution < -0.4 is 5.73 Å². The molecule has 2 heteroatoms. The first-order chi connectivity index (χ1) is 5.41. The summed E-state index contributed by atoms with van der Waals surface area (Å²) in [6, 6.07) is 6.39. The Labute approximate surface area is 86.7 Å². The maximum atomic E-state index is 6.01. The molecule has 0 saturated heterocycles. The van der Waals surface area contributed by atoms with E-state index in [-0.39, 0.29) is 17.9 Å². The molecule has 0 fully saturated rings. The Kier molecular flexibility index (Phi) is 3.95. The number of hydrogen-bond donors (Lipinski definition) is 1. The average molecular weight is 200 g/mol. The monoisotopic (exact) mass is 199 g/mol. The molecule has 0 spiro atoms. The van der Waals surface area contributed by atoms with E-state index in [2.05, 4.69) is 32.0 Å². The van der Waals surface area contributed by atoms with Gasteiger partial charge in [-0.05, 0) is 38.8 Å². The van der Waals surface area contributed by atoms with Crippen LogP contribution in [-0.4, -0.2) is 0 Å². The van der Waals surface area contributed by atoms with E-state index >= 15 is 0 Å². The molecule has 2 N–H and O–H groups in total. The molecule has 1 nitrogen and oxygen atoms in total. The maximum absolute atomic E-state index is 6.01. The zero-order valence-corrected chi connectivity index (χ0v) is 9.53. The Morgan fingerprint density at radius 2 is 1.69 bits per heavy atom. The quantitative estimate of drug-likeness (QED) is 0.740. The van der Waals surface area contributed by atoms with E-state index in [1.807, 2.05) is 13.8 Å². The van der Waals surface area contributed by atoms with Crippen LogP contribution in [0.2, 0.25) is 0 Å². The molecule has 0 aliphatic heterocycles. The van der Waals surface area contributed by atoms with Crippen molar-refractivity contribution in [2.24, 2.45) is 5.73 Å². The van der Waals surface area contributed by atoms with Gasteiger partial charge >= 0.3 is 0 Å². The van der Waals surface area contributed by atoms with E-state index < -0.39 is 0 Å². The summed E-state index contributed by atoms with van der Waals surface area (Å²) in [7, 11) is 0. The van der Waals surface area contributed by atoms with Crippen molar-refractivity contribution < 1.29 is 0 Å². The van der Waals surface area contributed by atoms with Gasteiger partial charge in [0.25, 0.3) is 0 Å². The summed E-state index contributed by atoms with van der Waals surface area (Å²) in [5, 5.41) is 0. The Hall–Kier alpha value is -0.530.